The van der Waals surface area contributed by atoms with Crippen LogP contribution in [0.5, 0.6) is 0 Å². The van der Waals surface area contributed by atoms with Crippen molar-refractivity contribution in [2.45, 2.75) is 12.2 Å². The number of alkyl halides is 3. The first-order chi connectivity index (χ1) is 15.2. The number of nitrogens with one attached hydrogen (secondary N) is 1. The van der Waals surface area contributed by atoms with Crippen LogP contribution in [0.2, 0.25) is 0 Å². The van der Waals surface area contributed by atoms with Gasteiger partial charge in [-0.1, -0.05) is 0 Å². The van der Waals surface area contributed by atoms with Gasteiger partial charge < -0.3 is 15.1 Å². The molecule has 2 heterocycles. The number of halogens is 4. The number of carbonyl (C=O) groups excluding carboxylic acids is 2. The molecule has 1 N–H and O–H groups in total. The Morgan fingerprint density at radius 2 is 1.81 bits per heavy atom. The Balaban J connectivity index is 1.48. The summed E-state index contributed by atoms with van der Waals surface area (Å²) < 4.78 is 52.9. The van der Waals surface area contributed by atoms with E-state index in [2.05, 4.69) is 5.32 Å². The number of piperazine rings is 1. The summed E-state index contributed by atoms with van der Waals surface area (Å²) in [6, 6.07) is 8.68. The van der Waals surface area contributed by atoms with Crippen molar-refractivity contribution < 1.29 is 27.2 Å². The molecule has 7 nitrogen and oxygen atoms in total. The van der Waals surface area contributed by atoms with Crippen LogP contribution in [0.4, 0.5) is 38.5 Å². The first-order valence-corrected chi connectivity index (χ1v) is 9.68. The number of fused-ring (bicyclic) bond motifs is 1. The van der Waals surface area contributed by atoms with Gasteiger partial charge in [0.2, 0.25) is 0 Å². The molecule has 0 saturated carbocycles. The lowest BCUT2D eigenvalue weighted by molar-refractivity contribution is -0.137. The summed E-state index contributed by atoms with van der Waals surface area (Å²) in [7, 11) is 0. The number of hydrogen-bond donors (Lipinski definition) is 1. The Hall–Kier alpha value is -3.81. The number of rotatable bonds is 2. The fourth-order valence-corrected chi connectivity index (χ4v) is 3.88. The predicted octanol–water partition coefficient (Wildman–Crippen LogP) is 3.87. The van der Waals surface area contributed by atoms with Gasteiger partial charge in [0.1, 0.15) is 5.82 Å². The van der Waals surface area contributed by atoms with E-state index in [-0.39, 0.29) is 31.9 Å². The second-order valence-electron chi connectivity index (χ2n) is 7.46. The topological polar surface area (TPSA) is 79.7 Å². The zero-order valence-electron chi connectivity index (χ0n) is 16.6. The summed E-state index contributed by atoms with van der Waals surface area (Å²) in [6.07, 6.45) is -4.73. The average Bonchev–Trinajstić information content (AvgIpc) is 3.10. The van der Waals surface area contributed by atoms with Gasteiger partial charge in [-0.15, -0.1) is 0 Å². The van der Waals surface area contributed by atoms with Gasteiger partial charge >= 0.3 is 18.2 Å². The third-order valence-electron chi connectivity index (χ3n) is 5.48. The molecule has 2 aromatic carbocycles. The van der Waals surface area contributed by atoms with Crippen LogP contribution >= 0.6 is 0 Å². The quantitative estimate of drug-likeness (QED) is 0.710. The highest BCUT2D eigenvalue weighted by Gasteiger charge is 2.43. The molecule has 2 aliphatic heterocycles. The summed E-state index contributed by atoms with van der Waals surface area (Å²) in [5.74, 6) is -0.433. The smallest absolute Gasteiger partial charge is 0.321 e. The van der Waals surface area contributed by atoms with Gasteiger partial charge in [-0.3, -0.25) is 4.90 Å². The Kier molecular flexibility index (Phi) is 5.38. The van der Waals surface area contributed by atoms with Crippen LogP contribution in [0.25, 0.3) is 0 Å². The van der Waals surface area contributed by atoms with E-state index >= 15 is 0 Å². The van der Waals surface area contributed by atoms with Crippen LogP contribution in [0.3, 0.4) is 0 Å². The summed E-state index contributed by atoms with van der Waals surface area (Å²) in [5.41, 5.74) is -1.16. The first-order valence-electron chi connectivity index (χ1n) is 9.68. The maximum Gasteiger partial charge on any atom is 0.417 e. The molecule has 0 aliphatic carbocycles. The van der Waals surface area contributed by atoms with Gasteiger partial charge in [0.15, 0.2) is 0 Å². The molecule has 2 aliphatic rings. The number of hydrogen-bond acceptors (Lipinski definition) is 3. The van der Waals surface area contributed by atoms with Gasteiger partial charge in [-0.2, -0.15) is 18.4 Å². The third-order valence-corrected chi connectivity index (χ3v) is 5.48. The third kappa shape index (κ3) is 4.03. The van der Waals surface area contributed by atoms with E-state index in [0.29, 0.717) is 5.69 Å². The fourth-order valence-electron chi connectivity index (χ4n) is 3.88. The van der Waals surface area contributed by atoms with Crippen molar-refractivity contribution in [1.29, 1.82) is 5.26 Å². The van der Waals surface area contributed by atoms with Crippen molar-refractivity contribution in [3.63, 3.8) is 0 Å². The Labute approximate surface area is 180 Å². The molecular weight excluding hydrogens is 430 g/mol. The summed E-state index contributed by atoms with van der Waals surface area (Å²) >= 11 is 0. The number of benzene rings is 2. The predicted molar refractivity (Wildman–Crippen MR) is 106 cm³/mol. The van der Waals surface area contributed by atoms with E-state index in [1.165, 1.54) is 51.1 Å². The zero-order chi connectivity index (χ0) is 23.0. The Bertz CT molecular complexity index is 1100. The number of nitriles is 1. The number of carbonyl (C=O) groups is 2. The fraction of sp³-hybridized carbons (Fsp3) is 0.286. The number of nitrogens with zero attached hydrogens (tertiary/aromatic N) is 4. The van der Waals surface area contributed by atoms with E-state index in [1.807, 2.05) is 0 Å². The number of anilines is 2. The van der Waals surface area contributed by atoms with Crippen LogP contribution in [0.15, 0.2) is 42.5 Å². The van der Waals surface area contributed by atoms with Crippen LogP contribution in [-0.2, 0) is 6.18 Å². The largest absolute Gasteiger partial charge is 0.417 e. The first kappa shape index (κ1) is 21.4. The standard InChI is InChI=1S/C21H17F4N5O2/c22-14-2-4-15(5-3-14)27-19(31)28-7-8-29-17(11-28)12-30(20(29)32)16-6-1-13(10-26)18(9-16)21(23,24)25/h1-6,9,17H,7-8,11-12H2,(H,27,31)/t17-/m1/s1. The minimum atomic E-state index is -4.73. The molecule has 2 fully saturated rings. The maximum absolute atomic E-state index is 13.3. The van der Waals surface area contributed by atoms with Crippen LogP contribution in [0, 0.1) is 17.1 Å². The molecule has 0 aromatic heterocycles. The van der Waals surface area contributed by atoms with Gasteiger partial charge in [0.05, 0.1) is 23.2 Å². The van der Waals surface area contributed by atoms with Crippen molar-refractivity contribution in [2.75, 3.05) is 36.4 Å². The Morgan fingerprint density at radius 3 is 2.47 bits per heavy atom. The van der Waals surface area contributed by atoms with Crippen molar-refractivity contribution in [1.82, 2.24) is 9.80 Å². The van der Waals surface area contributed by atoms with Crippen molar-refractivity contribution in [2.24, 2.45) is 0 Å². The average molecular weight is 447 g/mol. The molecule has 166 valence electrons. The Morgan fingerprint density at radius 1 is 1.09 bits per heavy atom. The van der Waals surface area contributed by atoms with Crippen molar-refractivity contribution in [3.05, 3.63) is 59.4 Å². The van der Waals surface area contributed by atoms with E-state index in [4.69, 9.17) is 5.26 Å². The van der Waals surface area contributed by atoms with Crippen LogP contribution in [-0.4, -0.2) is 54.1 Å². The zero-order valence-corrected chi connectivity index (χ0v) is 16.6. The molecule has 4 amide bonds. The summed E-state index contributed by atoms with van der Waals surface area (Å²) in [5, 5.41) is 11.6. The van der Waals surface area contributed by atoms with Gasteiger partial charge in [-0.25, -0.2) is 14.0 Å². The molecule has 32 heavy (non-hydrogen) atoms. The molecule has 0 radical (unpaired) electrons. The second-order valence-corrected chi connectivity index (χ2v) is 7.46. The molecule has 11 heteroatoms. The van der Waals surface area contributed by atoms with Gasteiger partial charge in [0, 0.05) is 37.6 Å². The second kappa shape index (κ2) is 8.03. The van der Waals surface area contributed by atoms with E-state index in [1.54, 1.807) is 0 Å². The highest BCUT2D eigenvalue weighted by Crippen LogP contribution is 2.36. The molecule has 4 rings (SSSR count). The lowest BCUT2D eigenvalue weighted by atomic mass is 10.1. The SMILES string of the molecule is N#Cc1ccc(N2C[C@H]3CN(C(=O)Nc4ccc(F)cc4)CCN3C2=O)cc1C(F)(F)F. The van der Waals surface area contributed by atoms with E-state index in [9.17, 15) is 27.2 Å². The summed E-state index contributed by atoms with van der Waals surface area (Å²) in [4.78, 5) is 29.6. The molecule has 2 aromatic rings. The van der Waals surface area contributed by atoms with Gasteiger partial charge in [0.25, 0.3) is 0 Å². The molecular formula is C21H17F4N5O2. The molecule has 0 unspecified atom stereocenters. The highest BCUT2D eigenvalue weighted by molar-refractivity contribution is 5.95. The lowest BCUT2D eigenvalue weighted by Crippen LogP contribution is -2.54. The molecule has 0 bridgehead atoms. The normalized spacial score (nSPS) is 18.4. The van der Waals surface area contributed by atoms with E-state index < -0.39 is 41.2 Å². The maximum atomic E-state index is 13.3. The summed E-state index contributed by atoms with van der Waals surface area (Å²) in [6.45, 7) is 0.754. The van der Waals surface area contributed by atoms with Crippen LogP contribution in [0.1, 0.15) is 11.1 Å². The molecule has 2 saturated heterocycles. The minimum Gasteiger partial charge on any atom is -0.321 e. The van der Waals surface area contributed by atoms with Crippen molar-refractivity contribution >= 4 is 23.4 Å². The lowest BCUT2D eigenvalue weighted by Gasteiger charge is -2.36. The highest BCUT2D eigenvalue weighted by atomic mass is 19.4. The monoisotopic (exact) mass is 447 g/mol. The van der Waals surface area contributed by atoms with Crippen LogP contribution < -0.4 is 10.2 Å². The molecule has 0 spiro atoms. The minimum absolute atomic E-state index is 0.0399. The molecule has 1 atom stereocenters. The number of amides is 4. The number of urea groups is 2. The van der Waals surface area contributed by atoms with Gasteiger partial charge in [-0.05, 0) is 42.5 Å². The van der Waals surface area contributed by atoms with E-state index in [0.717, 1.165) is 12.1 Å². The van der Waals surface area contributed by atoms with Crippen molar-refractivity contribution in [3.8, 4) is 6.07 Å².